The molecule has 1 heterocycles. The highest BCUT2D eigenvalue weighted by Crippen LogP contribution is 2.69. The first kappa shape index (κ1) is 24.0. The van der Waals surface area contributed by atoms with Crippen LogP contribution in [0.1, 0.15) is 44.5 Å². The minimum absolute atomic E-state index is 0.427. The number of hydrogen-bond donors (Lipinski definition) is 0. The molecule has 2 atom stereocenters. The van der Waals surface area contributed by atoms with Crippen molar-refractivity contribution in [3.05, 3.63) is 208 Å². The Balaban J connectivity index is 1.47. The SMILES string of the molecule is c1ccc(C23c4ccccc4-c4cccc(c42)C2(c4ccccc4-c4cccc(-c5ccccn5)c42)c2ccccc23)cc1. The first-order valence-electron chi connectivity index (χ1n) is 15.4. The molecule has 0 N–H and O–H groups in total. The zero-order chi connectivity index (χ0) is 28.9. The lowest BCUT2D eigenvalue weighted by Crippen LogP contribution is -2.43. The summed E-state index contributed by atoms with van der Waals surface area (Å²) in [4.78, 5) is 4.92. The van der Waals surface area contributed by atoms with Crippen LogP contribution in [-0.4, -0.2) is 4.98 Å². The average molecular weight is 558 g/mol. The highest BCUT2D eigenvalue weighted by molar-refractivity contribution is 5.98. The molecule has 0 saturated heterocycles. The van der Waals surface area contributed by atoms with Gasteiger partial charge in [0.25, 0.3) is 0 Å². The van der Waals surface area contributed by atoms with Gasteiger partial charge in [0.1, 0.15) is 0 Å². The fourth-order valence-electron chi connectivity index (χ4n) is 9.03. The van der Waals surface area contributed by atoms with Gasteiger partial charge in [0.2, 0.25) is 0 Å². The van der Waals surface area contributed by atoms with E-state index in [-0.39, 0.29) is 0 Å². The molecule has 10 rings (SSSR count). The number of aromatic nitrogens is 1. The first-order chi connectivity index (χ1) is 21.9. The Morgan fingerprint density at radius 1 is 0.318 bits per heavy atom. The Morgan fingerprint density at radius 2 is 0.818 bits per heavy atom. The fraction of sp³-hybridized carbons (Fsp3) is 0.0465. The third-order valence-corrected chi connectivity index (χ3v) is 10.4. The van der Waals surface area contributed by atoms with Gasteiger partial charge in [-0.05, 0) is 78.9 Å². The minimum Gasteiger partial charge on any atom is -0.256 e. The molecule has 44 heavy (non-hydrogen) atoms. The molecule has 0 radical (unpaired) electrons. The van der Waals surface area contributed by atoms with Crippen LogP contribution in [0.2, 0.25) is 0 Å². The summed E-state index contributed by atoms with van der Waals surface area (Å²) in [7, 11) is 0. The summed E-state index contributed by atoms with van der Waals surface area (Å²) in [5, 5.41) is 0. The molecule has 1 nitrogen and oxygen atoms in total. The van der Waals surface area contributed by atoms with Gasteiger partial charge in [-0.2, -0.15) is 0 Å². The van der Waals surface area contributed by atoms with E-state index >= 15 is 0 Å². The van der Waals surface area contributed by atoms with Gasteiger partial charge in [-0.3, -0.25) is 4.98 Å². The molecule has 0 saturated carbocycles. The van der Waals surface area contributed by atoms with Gasteiger partial charge in [0.15, 0.2) is 0 Å². The zero-order valence-corrected chi connectivity index (χ0v) is 24.0. The molecular weight excluding hydrogens is 530 g/mol. The monoisotopic (exact) mass is 557 g/mol. The van der Waals surface area contributed by atoms with Crippen LogP contribution in [0.3, 0.4) is 0 Å². The zero-order valence-electron chi connectivity index (χ0n) is 24.0. The van der Waals surface area contributed by atoms with Crippen LogP contribution in [0.4, 0.5) is 0 Å². The maximum atomic E-state index is 4.92. The van der Waals surface area contributed by atoms with Gasteiger partial charge in [-0.1, -0.05) is 146 Å². The predicted molar refractivity (Wildman–Crippen MR) is 178 cm³/mol. The van der Waals surface area contributed by atoms with Crippen molar-refractivity contribution in [3.8, 4) is 33.5 Å². The van der Waals surface area contributed by atoms with Gasteiger partial charge in [0, 0.05) is 11.8 Å². The molecule has 0 fully saturated rings. The van der Waals surface area contributed by atoms with E-state index in [1.807, 2.05) is 12.3 Å². The third kappa shape index (κ3) is 2.65. The predicted octanol–water partition coefficient (Wildman–Crippen LogP) is 9.79. The second kappa shape index (κ2) is 8.52. The molecule has 1 spiro atoms. The lowest BCUT2D eigenvalue weighted by atomic mass is 9.52. The lowest BCUT2D eigenvalue weighted by Gasteiger charge is -2.48. The summed E-state index contributed by atoms with van der Waals surface area (Å²) < 4.78 is 0. The number of nitrogens with zero attached hydrogens (tertiary/aromatic N) is 1. The van der Waals surface area contributed by atoms with E-state index in [2.05, 4.69) is 152 Å². The van der Waals surface area contributed by atoms with Crippen LogP contribution in [0, 0.1) is 0 Å². The van der Waals surface area contributed by atoms with Crippen molar-refractivity contribution in [2.75, 3.05) is 0 Å². The maximum absolute atomic E-state index is 4.92. The molecule has 1 aromatic heterocycles. The molecule has 204 valence electrons. The lowest BCUT2D eigenvalue weighted by molar-refractivity contribution is 0.636. The Morgan fingerprint density at radius 3 is 1.52 bits per heavy atom. The highest BCUT2D eigenvalue weighted by atomic mass is 14.7. The van der Waals surface area contributed by atoms with Crippen LogP contribution < -0.4 is 0 Å². The molecule has 0 amide bonds. The Kier molecular flexibility index (Phi) is 4.64. The van der Waals surface area contributed by atoms with E-state index in [9.17, 15) is 0 Å². The van der Waals surface area contributed by atoms with E-state index < -0.39 is 10.8 Å². The molecule has 6 aromatic carbocycles. The second-order valence-electron chi connectivity index (χ2n) is 12.2. The van der Waals surface area contributed by atoms with Gasteiger partial charge in [-0.15, -0.1) is 0 Å². The largest absolute Gasteiger partial charge is 0.256 e. The maximum Gasteiger partial charge on any atom is 0.0726 e. The summed E-state index contributed by atoms with van der Waals surface area (Å²) in [6.07, 6.45) is 1.91. The fourth-order valence-corrected chi connectivity index (χ4v) is 9.03. The summed E-state index contributed by atoms with van der Waals surface area (Å²) in [6, 6.07) is 58.7. The smallest absolute Gasteiger partial charge is 0.0726 e. The molecule has 0 bridgehead atoms. The third-order valence-electron chi connectivity index (χ3n) is 10.4. The number of hydrogen-bond acceptors (Lipinski definition) is 1. The number of pyridine rings is 1. The van der Waals surface area contributed by atoms with Gasteiger partial charge >= 0.3 is 0 Å². The summed E-state index contributed by atoms with van der Waals surface area (Å²) in [5.74, 6) is 0. The van der Waals surface area contributed by atoms with Gasteiger partial charge < -0.3 is 0 Å². The Hall–Kier alpha value is -5.53. The molecule has 2 unspecified atom stereocenters. The summed E-state index contributed by atoms with van der Waals surface area (Å²) >= 11 is 0. The molecule has 1 heteroatoms. The van der Waals surface area contributed by atoms with Crippen LogP contribution in [0.25, 0.3) is 33.5 Å². The molecule has 0 aliphatic heterocycles. The van der Waals surface area contributed by atoms with Crippen LogP contribution in [0.15, 0.2) is 164 Å². The van der Waals surface area contributed by atoms with Crippen LogP contribution in [0.5, 0.6) is 0 Å². The normalized spacial score (nSPS) is 19.5. The van der Waals surface area contributed by atoms with E-state index in [1.54, 1.807) is 0 Å². The van der Waals surface area contributed by atoms with Crippen molar-refractivity contribution in [2.45, 2.75) is 10.8 Å². The molecular formula is C43H27N. The first-order valence-corrected chi connectivity index (χ1v) is 15.4. The van der Waals surface area contributed by atoms with Crippen LogP contribution in [-0.2, 0) is 10.8 Å². The molecule has 3 aliphatic carbocycles. The van der Waals surface area contributed by atoms with Gasteiger partial charge in [0.05, 0.1) is 16.5 Å². The Labute approximate surface area is 257 Å². The van der Waals surface area contributed by atoms with Crippen molar-refractivity contribution in [2.24, 2.45) is 0 Å². The minimum atomic E-state index is -0.512. The second-order valence-corrected chi connectivity index (χ2v) is 12.2. The molecule has 3 aliphatic rings. The number of fused-ring (bicyclic) bond motifs is 12. The quantitative estimate of drug-likeness (QED) is 0.206. The van der Waals surface area contributed by atoms with E-state index in [4.69, 9.17) is 4.98 Å². The van der Waals surface area contributed by atoms with Crippen molar-refractivity contribution < 1.29 is 0 Å². The number of benzene rings is 6. The van der Waals surface area contributed by atoms with Crippen molar-refractivity contribution >= 4 is 0 Å². The highest BCUT2D eigenvalue weighted by Gasteiger charge is 2.60. The standard InChI is InChI=1S/C43H27N/c1-2-14-28(15-3-1)42-34-21-6-4-17-30(34)32-19-13-25-38(41(32)42)43(37-24-9-8-23-36(37)42)35-22-7-5-16-29(35)31-18-12-20-33(40(31)43)39-26-10-11-27-44-39/h1-27H. The van der Waals surface area contributed by atoms with E-state index in [0.717, 1.165) is 5.69 Å². The van der Waals surface area contributed by atoms with Gasteiger partial charge in [-0.25, -0.2) is 0 Å². The van der Waals surface area contributed by atoms with Crippen molar-refractivity contribution in [1.29, 1.82) is 0 Å². The Bertz CT molecular complexity index is 2280. The molecule has 7 aromatic rings. The van der Waals surface area contributed by atoms with Crippen LogP contribution >= 0.6 is 0 Å². The average Bonchev–Trinajstić information content (AvgIpc) is 3.58. The summed E-state index contributed by atoms with van der Waals surface area (Å²) in [6.45, 7) is 0. The van der Waals surface area contributed by atoms with Crippen molar-refractivity contribution in [1.82, 2.24) is 4.98 Å². The topological polar surface area (TPSA) is 12.9 Å². The van der Waals surface area contributed by atoms with E-state index in [0.29, 0.717) is 0 Å². The summed E-state index contributed by atoms with van der Waals surface area (Å²) in [5.41, 5.74) is 17.3. The van der Waals surface area contributed by atoms with E-state index in [1.165, 1.54) is 72.3 Å². The number of rotatable bonds is 2. The van der Waals surface area contributed by atoms with Crippen molar-refractivity contribution in [3.63, 3.8) is 0 Å².